The van der Waals surface area contributed by atoms with Gasteiger partial charge in [0.05, 0.1) is 0 Å². The van der Waals surface area contributed by atoms with Gasteiger partial charge in [0.1, 0.15) is 0 Å². The molecule has 1 nitrogen and oxygen atoms in total. The molecule has 0 saturated heterocycles. The Labute approximate surface area is 155 Å². The second-order valence-electron chi connectivity index (χ2n) is 7.09. The maximum atomic E-state index is 2.60. The van der Waals surface area contributed by atoms with Crippen LogP contribution in [0.15, 0.2) is 22.4 Å². The van der Waals surface area contributed by atoms with E-state index in [0.717, 1.165) is 0 Å². The van der Waals surface area contributed by atoms with E-state index < -0.39 is 8.80 Å². The fourth-order valence-corrected chi connectivity index (χ4v) is 6.13. The molecule has 0 radical (unpaired) electrons. The van der Waals surface area contributed by atoms with Crippen LogP contribution in [0, 0.1) is 0 Å². The smallest absolute Gasteiger partial charge is 0.147 e. The molecule has 0 aliphatic heterocycles. The molecule has 20 heavy (non-hydrogen) atoms. The number of nitrogens with zero attached hydrogens (tertiary/aromatic N) is 1. The molecule has 0 bridgehead atoms. The van der Waals surface area contributed by atoms with Gasteiger partial charge in [-0.1, -0.05) is 0 Å². The topological polar surface area (TPSA) is 3.24 Å². The van der Waals surface area contributed by atoms with E-state index in [1.807, 2.05) is 0 Å². The zero-order chi connectivity index (χ0) is 14.5. The van der Waals surface area contributed by atoms with E-state index in [9.17, 15) is 0 Å². The summed E-state index contributed by atoms with van der Waals surface area (Å²) >= 11 is 1.51. The number of hydrogen-bond acceptors (Lipinski definition) is 1. The van der Waals surface area contributed by atoms with Crippen LogP contribution in [0.25, 0.3) is 0 Å². The van der Waals surface area contributed by atoms with Gasteiger partial charge in [-0.2, -0.15) is 0 Å². The van der Waals surface area contributed by atoms with Crippen LogP contribution in [0.3, 0.4) is 0 Å². The molecule has 0 fully saturated rings. The molecule has 0 heterocycles. The van der Waals surface area contributed by atoms with Crippen molar-refractivity contribution in [1.82, 2.24) is 2.84 Å². The van der Waals surface area contributed by atoms with E-state index in [0.29, 0.717) is 5.04 Å². The first-order valence-corrected chi connectivity index (χ1v) is 10.9. The first-order chi connectivity index (χ1) is 7.95. The molecular formula is C15H30Cl2NSiZr. The monoisotopic (exact) mass is 412 g/mol. The Kier molecular flexibility index (Phi) is 8.69. The second kappa shape index (κ2) is 7.49. The Balaban J connectivity index is 0. The Hall–Kier alpha value is 0.960. The minimum atomic E-state index is -0.802. The van der Waals surface area contributed by atoms with Crippen LogP contribution in [0.1, 0.15) is 48.5 Å². The van der Waals surface area contributed by atoms with Gasteiger partial charge in [-0.05, 0) is 0 Å². The van der Waals surface area contributed by atoms with E-state index in [-0.39, 0.29) is 30.4 Å². The Morgan fingerprint density at radius 1 is 1.00 bits per heavy atom. The Morgan fingerprint density at radius 2 is 1.40 bits per heavy atom. The maximum Gasteiger partial charge on any atom is -0.147 e. The Bertz CT molecular complexity index is 424. The van der Waals surface area contributed by atoms with E-state index >= 15 is 0 Å². The zero-order valence-corrected chi connectivity index (χ0v) is 19.6. The van der Waals surface area contributed by atoms with Crippen LogP contribution in [-0.2, 0) is 25.0 Å². The molecule has 0 N–H and O–H groups in total. The minimum Gasteiger partial charge on any atom is -0.147 e. The predicted molar refractivity (Wildman–Crippen MR) is 94.4 cm³/mol. The third-order valence-corrected chi connectivity index (χ3v) is 10.0. The van der Waals surface area contributed by atoms with E-state index in [1.54, 1.807) is 11.3 Å². The number of halogens is 2. The molecule has 1 aliphatic rings. The van der Waals surface area contributed by atoms with Crippen molar-refractivity contribution in [2.75, 3.05) is 0 Å². The first-order valence-electron chi connectivity index (χ1n) is 6.86. The quantitative estimate of drug-likeness (QED) is 0.557. The van der Waals surface area contributed by atoms with Crippen LogP contribution in [0.2, 0.25) is 18.1 Å². The summed E-state index contributed by atoms with van der Waals surface area (Å²) in [5.74, 6) is 0. The van der Waals surface area contributed by atoms with Crippen LogP contribution in [-0.4, -0.2) is 17.2 Å². The van der Waals surface area contributed by atoms with Gasteiger partial charge < -0.3 is 0 Å². The number of allylic oxidation sites excluding steroid dienone is 3. The fraction of sp³-hybridized carbons (Fsp3) is 0.733. The molecule has 5 heteroatoms. The summed E-state index contributed by atoms with van der Waals surface area (Å²) in [6.45, 7) is 21.4. The summed E-state index contributed by atoms with van der Waals surface area (Å²) in [5, 5.41) is 0.338. The molecule has 1 rings (SSSR count). The molecule has 0 amide bonds. The van der Waals surface area contributed by atoms with E-state index in [4.69, 9.17) is 0 Å². The minimum absolute atomic E-state index is 0. The number of rotatable bonds is 2. The summed E-state index contributed by atoms with van der Waals surface area (Å²) < 4.78 is 2.60. The average Bonchev–Trinajstić information content (AvgIpc) is 2.40. The van der Waals surface area contributed by atoms with Gasteiger partial charge >= 0.3 is 131 Å². The summed E-state index contributed by atoms with van der Waals surface area (Å²) in [7, 11) is -0.802. The molecule has 1 aliphatic carbocycles. The average molecular weight is 415 g/mol. The van der Waals surface area contributed by atoms with Crippen LogP contribution >= 0.6 is 24.8 Å². The molecule has 0 aromatic heterocycles. The summed E-state index contributed by atoms with van der Waals surface area (Å²) in [5.41, 5.74) is 6.52. The molecule has 1 unspecified atom stereocenters. The summed E-state index contributed by atoms with van der Waals surface area (Å²) in [6.07, 6.45) is 0. The van der Waals surface area contributed by atoms with Crippen LogP contribution in [0.5, 0.6) is 0 Å². The summed E-state index contributed by atoms with van der Waals surface area (Å²) in [4.78, 5) is 0. The molecule has 0 spiro atoms. The SMILES string of the molecule is CC1=C(C)C(C)([SiH](C)C)C([N]([Zr])C(C)(C)C)=C1C.Cl.Cl. The van der Waals surface area contributed by atoms with Crippen molar-refractivity contribution in [3.05, 3.63) is 22.4 Å². The van der Waals surface area contributed by atoms with Gasteiger partial charge in [0.2, 0.25) is 0 Å². The van der Waals surface area contributed by atoms with Crippen molar-refractivity contribution in [2.45, 2.75) is 72.1 Å². The van der Waals surface area contributed by atoms with Crippen molar-refractivity contribution < 1.29 is 25.0 Å². The van der Waals surface area contributed by atoms with E-state index in [1.165, 1.54) is 36.2 Å². The van der Waals surface area contributed by atoms with Crippen molar-refractivity contribution in [3.8, 4) is 0 Å². The Morgan fingerprint density at radius 3 is 1.70 bits per heavy atom. The van der Waals surface area contributed by atoms with Gasteiger partial charge in [0.25, 0.3) is 0 Å². The van der Waals surface area contributed by atoms with Crippen LogP contribution in [0.4, 0.5) is 0 Å². The predicted octanol–water partition coefficient (Wildman–Crippen LogP) is 5.26. The number of hydrogen-bond donors (Lipinski definition) is 0. The van der Waals surface area contributed by atoms with Gasteiger partial charge in [-0.3, -0.25) is 0 Å². The normalized spacial score (nSPS) is 22.9. The maximum absolute atomic E-state index is 2.60. The fourth-order valence-electron chi connectivity index (χ4n) is 2.86. The largest absolute Gasteiger partial charge is 0.147 e. The summed E-state index contributed by atoms with van der Waals surface area (Å²) in [6, 6.07) is 0. The zero-order valence-electron chi connectivity index (χ0n) is 14.3. The van der Waals surface area contributed by atoms with E-state index in [2.05, 4.69) is 64.4 Å². The molecule has 117 valence electrons. The molecular weight excluding hydrogens is 384 g/mol. The van der Waals surface area contributed by atoms with Crippen molar-refractivity contribution in [1.29, 1.82) is 0 Å². The second-order valence-corrected chi connectivity index (χ2v) is 11.7. The standard InChI is InChI=1S/C15H28NSi.2ClH.Zr/c1-10-11(2)13(16-14(4,5)6)15(7,12(10)3)17(8)9;;;/h17H,1-9H3;2*1H;/q-1;;;+1. The van der Waals surface area contributed by atoms with Gasteiger partial charge in [-0.15, -0.1) is 24.8 Å². The molecule has 1 atom stereocenters. The van der Waals surface area contributed by atoms with Crippen molar-refractivity contribution in [3.63, 3.8) is 0 Å². The first kappa shape index (κ1) is 23.2. The molecule has 0 aromatic carbocycles. The van der Waals surface area contributed by atoms with Crippen molar-refractivity contribution >= 4 is 33.6 Å². The third-order valence-electron chi connectivity index (χ3n) is 4.80. The van der Waals surface area contributed by atoms with Crippen LogP contribution < -0.4 is 0 Å². The molecule has 0 aromatic rings. The molecule has 0 saturated carbocycles. The van der Waals surface area contributed by atoms with Crippen molar-refractivity contribution in [2.24, 2.45) is 0 Å². The van der Waals surface area contributed by atoms with Gasteiger partial charge in [-0.25, -0.2) is 0 Å². The van der Waals surface area contributed by atoms with Gasteiger partial charge in [0.15, 0.2) is 0 Å². The third kappa shape index (κ3) is 3.65. The van der Waals surface area contributed by atoms with Gasteiger partial charge in [0, 0.05) is 0 Å².